The molecule has 0 bridgehead atoms. The summed E-state index contributed by atoms with van der Waals surface area (Å²) in [6.45, 7) is 0.516. The summed E-state index contributed by atoms with van der Waals surface area (Å²) in [5.74, 6) is -1.46. The molecule has 0 heterocycles. The third kappa shape index (κ3) is 3.39. The van der Waals surface area contributed by atoms with Gasteiger partial charge in [-0.25, -0.2) is 4.39 Å². The Morgan fingerprint density at radius 3 is 2.59 bits per heavy atom. The summed E-state index contributed by atoms with van der Waals surface area (Å²) in [5.41, 5.74) is -1.43. The van der Waals surface area contributed by atoms with E-state index in [4.69, 9.17) is 21.8 Å². The van der Waals surface area contributed by atoms with E-state index >= 15 is 0 Å². The fourth-order valence-corrected chi connectivity index (χ4v) is 1.31. The predicted octanol–water partition coefficient (Wildman–Crippen LogP) is 0.952. The third-order valence-electron chi connectivity index (χ3n) is 2.29. The molecule has 4 nitrogen and oxygen atoms in total. The van der Waals surface area contributed by atoms with Gasteiger partial charge in [-0.1, -0.05) is 11.6 Å². The van der Waals surface area contributed by atoms with Crippen molar-refractivity contribution >= 4 is 17.5 Å². The normalized spacial score (nSPS) is 11.4. The highest BCUT2D eigenvalue weighted by molar-refractivity contribution is 6.31. The number of hydrogen-bond donors (Lipinski definition) is 3. The molecular weight excluding hydrogens is 249 g/mol. The number of aliphatic hydroxyl groups is 2. The Hall–Kier alpha value is -1.17. The first-order chi connectivity index (χ1) is 7.91. The van der Waals surface area contributed by atoms with Crippen molar-refractivity contribution < 1.29 is 19.4 Å². The lowest BCUT2D eigenvalue weighted by atomic mass is 10.0. The zero-order valence-electron chi connectivity index (χ0n) is 9.20. The first kappa shape index (κ1) is 13.9. The highest BCUT2D eigenvalue weighted by atomic mass is 35.5. The van der Waals surface area contributed by atoms with E-state index in [-0.39, 0.29) is 10.6 Å². The molecule has 6 heteroatoms. The molecule has 1 amide bonds. The maximum atomic E-state index is 13.4. The predicted molar refractivity (Wildman–Crippen MR) is 61.5 cm³/mol. The Morgan fingerprint density at radius 1 is 1.47 bits per heavy atom. The topological polar surface area (TPSA) is 69.6 Å². The van der Waals surface area contributed by atoms with Crippen LogP contribution in [0, 0.1) is 5.82 Å². The van der Waals surface area contributed by atoms with E-state index in [1.165, 1.54) is 19.1 Å². The zero-order chi connectivity index (χ0) is 13.1. The van der Waals surface area contributed by atoms with E-state index in [1.54, 1.807) is 0 Å². The van der Waals surface area contributed by atoms with Gasteiger partial charge < -0.3 is 15.5 Å². The van der Waals surface area contributed by atoms with Crippen molar-refractivity contribution in [2.24, 2.45) is 0 Å². The van der Waals surface area contributed by atoms with Crippen molar-refractivity contribution in [2.45, 2.75) is 12.5 Å². The van der Waals surface area contributed by atoms with Gasteiger partial charge in [0.05, 0.1) is 24.3 Å². The van der Waals surface area contributed by atoms with Gasteiger partial charge >= 0.3 is 0 Å². The molecule has 1 aromatic rings. The smallest absolute Gasteiger partial charge is 0.254 e. The summed E-state index contributed by atoms with van der Waals surface area (Å²) in [6.07, 6.45) is 0. The van der Waals surface area contributed by atoms with Gasteiger partial charge in [-0.2, -0.15) is 0 Å². The molecule has 0 radical (unpaired) electrons. The summed E-state index contributed by atoms with van der Waals surface area (Å²) in [5, 5.41) is 20.6. The summed E-state index contributed by atoms with van der Waals surface area (Å²) >= 11 is 5.65. The summed E-state index contributed by atoms with van der Waals surface area (Å²) < 4.78 is 13.4. The highest BCUT2D eigenvalue weighted by Gasteiger charge is 2.26. The molecule has 0 aliphatic rings. The van der Waals surface area contributed by atoms with Gasteiger partial charge in [0, 0.05) is 5.02 Å². The van der Waals surface area contributed by atoms with E-state index in [0.29, 0.717) is 0 Å². The van der Waals surface area contributed by atoms with Crippen LogP contribution in [0.4, 0.5) is 4.39 Å². The Balaban J connectivity index is 2.94. The SMILES string of the molecule is CC(CO)(CO)NC(=O)c1cc(Cl)ccc1F. The Labute approximate surface area is 103 Å². The first-order valence-corrected chi connectivity index (χ1v) is 5.29. The van der Waals surface area contributed by atoms with E-state index in [1.807, 2.05) is 0 Å². The molecule has 94 valence electrons. The third-order valence-corrected chi connectivity index (χ3v) is 2.52. The molecule has 1 aromatic carbocycles. The lowest BCUT2D eigenvalue weighted by Crippen LogP contribution is -2.51. The molecule has 1 rings (SSSR count). The van der Waals surface area contributed by atoms with E-state index in [2.05, 4.69) is 5.32 Å². The molecule has 0 saturated carbocycles. The van der Waals surface area contributed by atoms with Crippen molar-refractivity contribution in [3.63, 3.8) is 0 Å². The summed E-state index contributed by atoms with van der Waals surface area (Å²) in [4.78, 5) is 11.7. The van der Waals surface area contributed by atoms with Crippen LogP contribution in [0.25, 0.3) is 0 Å². The molecule has 0 aliphatic carbocycles. The minimum atomic E-state index is -1.20. The van der Waals surface area contributed by atoms with Gasteiger partial charge in [0.1, 0.15) is 5.82 Å². The molecule has 0 spiro atoms. The number of carbonyl (C=O) groups is 1. The average molecular weight is 262 g/mol. The van der Waals surface area contributed by atoms with Crippen LogP contribution < -0.4 is 5.32 Å². The van der Waals surface area contributed by atoms with Gasteiger partial charge in [-0.3, -0.25) is 4.79 Å². The minimum Gasteiger partial charge on any atom is -0.394 e. The second-order valence-electron chi connectivity index (χ2n) is 3.96. The van der Waals surface area contributed by atoms with Crippen molar-refractivity contribution in [1.29, 1.82) is 0 Å². The van der Waals surface area contributed by atoms with Gasteiger partial charge in [0.2, 0.25) is 0 Å². The lowest BCUT2D eigenvalue weighted by molar-refractivity contribution is 0.0720. The number of rotatable bonds is 4. The molecule has 3 N–H and O–H groups in total. The van der Waals surface area contributed by atoms with Gasteiger partial charge in [-0.15, -0.1) is 0 Å². The summed E-state index contributed by atoms with van der Waals surface area (Å²) in [6, 6.07) is 3.58. The van der Waals surface area contributed by atoms with Crippen LogP contribution in [0.2, 0.25) is 5.02 Å². The molecule has 0 atom stereocenters. The molecular formula is C11H13ClFNO3. The van der Waals surface area contributed by atoms with Crippen molar-refractivity contribution in [1.82, 2.24) is 5.32 Å². The molecule has 0 aliphatic heterocycles. The van der Waals surface area contributed by atoms with Crippen LogP contribution in [0.15, 0.2) is 18.2 Å². The molecule has 0 unspecified atom stereocenters. The van der Waals surface area contributed by atoms with Crippen LogP contribution in [0.1, 0.15) is 17.3 Å². The number of nitrogens with one attached hydrogen (secondary N) is 1. The van der Waals surface area contributed by atoms with E-state index in [9.17, 15) is 9.18 Å². The number of hydrogen-bond acceptors (Lipinski definition) is 3. The maximum absolute atomic E-state index is 13.4. The van der Waals surface area contributed by atoms with Crippen molar-refractivity contribution in [3.8, 4) is 0 Å². The van der Waals surface area contributed by atoms with Gasteiger partial charge in [0.25, 0.3) is 5.91 Å². The fraction of sp³-hybridized carbons (Fsp3) is 0.364. The Morgan fingerprint density at radius 2 is 2.06 bits per heavy atom. The lowest BCUT2D eigenvalue weighted by Gasteiger charge is -2.26. The molecule has 0 aromatic heterocycles. The van der Waals surface area contributed by atoms with Crippen molar-refractivity contribution in [3.05, 3.63) is 34.6 Å². The number of amides is 1. The maximum Gasteiger partial charge on any atom is 0.254 e. The van der Waals surface area contributed by atoms with Crippen molar-refractivity contribution in [2.75, 3.05) is 13.2 Å². The Bertz CT molecular complexity index is 421. The fourth-order valence-electron chi connectivity index (χ4n) is 1.14. The monoisotopic (exact) mass is 261 g/mol. The second-order valence-corrected chi connectivity index (χ2v) is 4.39. The van der Waals surface area contributed by atoms with Crippen LogP contribution in [-0.2, 0) is 0 Å². The quantitative estimate of drug-likeness (QED) is 0.756. The van der Waals surface area contributed by atoms with Crippen LogP contribution in [0.3, 0.4) is 0 Å². The van der Waals surface area contributed by atoms with Gasteiger partial charge in [0.15, 0.2) is 0 Å². The minimum absolute atomic E-state index is 0.228. The number of carbonyl (C=O) groups excluding carboxylic acids is 1. The van der Waals surface area contributed by atoms with Crippen LogP contribution in [-0.4, -0.2) is 34.9 Å². The number of halogens is 2. The van der Waals surface area contributed by atoms with Crippen LogP contribution >= 0.6 is 11.6 Å². The molecule has 0 saturated heterocycles. The molecule has 17 heavy (non-hydrogen) atoms. The Kier molecular flexibility index (Phi) is 4.45. The molecule has 0 fully saturated rings. The standard InChI is InChI=1S/C11H13ClFNO3/c1-11(5-15,6-16)14-10(17)8-4-7(12)2-3-9(8)13/h2-4,15-16H,5-6H2,1H3,(H,14,17). The van der Waals surface area contributed by atoms with E-state index in [0.717, 1.165) is 6.07 Å². The second kappa shape index (κ2) is 5.44. The highest BCUT2D eigenvalue weighted by Crippen LogP contribution is 2.15. The zero-order valence-corrected chi connectivity index (χ0v) is 9.96. The number of aliphatic hydroxyl groups excluding tert-OH is 2. The first-order valence-electron chi connectivity index (χ1n) is 4.91. The number of benzene rings is 1. The average Bonchev–Trinajstić information content (AvgIpc) is 2.32. The largest absolute Gasteiger partial charge is 0.394 e. The van der Waals surface area contributed by atoms with Gasteiger partial charge in [-0.05, 0) is 25.1 Å². The summed E-state index contributed by atoms with van der Waals surface area (Å²) in [7, 11) is 0. The van der Waals surface area contributed by atoms with E-state index < -0.39 is 30.5 Å². The van der Waals surface area contributed by atoms with Crippen LogP contribution in [0.5, 0.6) is 0 Å².